The van der Waals surface area contributed by atoms with E-state index in [0.717, 1.165) is 36.8 Å². The van der Waals surface area contributed by atoms with E-state index in [1.807, 2.05) is 19.1 Å². The second kappa shape index (κ2) is 11.6. The van der Waals surface area contributed by atoms with Crippen LogP contribution in [0, 0.1) is 0 Å². The molecule has 1 saturated carbocycles. The molecule has 0 saturated heterocycles. The van der Waals surface area contributed by atoms with Crippen molar-refractivity contribution in [3.8, 4) is 11.5 Å². The summed E-state index contributed by atoms with van der Waals surface area (Å²) < 4.78 is 20.3. The van der Waals surface area contributed by atoms with Gasteiger partial charge in [0.2, 0.25) is 5.95 Å². The van der Waals surface area contributed by atoms with Crippen LogP contribution in [0.4, 0.5) is 5.95 Å². The molecule has 0 radical (unpaired) electrons. The molecule has 2 aromatic carbocycles. The van der Waals surface area contributed by atoms with E-state index in [2.05, 4.69) is 81.8 Å². The van der Waals surface area contributed by atoms with Crippen LogP contribution < -0.4 is 14.8 Å². The van der Waals surface area contributed by atoms with Crippen LogP contribution in [0.25, 0.3) is 0 Å². The molecule has 0 amide bonds. The largest absolute Gasteiger partial charge is 0.493 e. The topological polar surface area (TPSA) is 100 Å². The number of methoxy groups -OCH3 is 1. The number of allylic oxidation sites excluding steroid dienone is 1. The number of nitrogens with zero attached hydrogens (tertiary/aromatic N) is 4. The van der Waals surface area contributed by atoms with Gasteiger partial charge in [0.1, 0.15) is 18.8 Å². The van der Waals surface area contributed by atoms with Crippen LogP contribution in [0.15, 0.2) is 52.1 Å². The van der Waals surface area contributed by atoms with Gasteiger partial charge in [-0.05, 0) is 93.2 Å². The number of fused-ring (bicyclic) bond motifs is 1. The first kappa shape index (κ1) is 28.1. The number of halogens is 1. The van der Waals surface area contributed by atoms with Crippen LogP contribution in [0.1, 0.15) is 82.5 Å². The highest BCUT2D eigenvalue weighted by molar-refractivity contribution is 9.10. The zero-order valence-electron chi connectivity index (χ0n) is 23.7. The summed E-state index contributed by atoms with van der Waals surface area (Å²) in [6, 6.07) is 11.6. The molecule has 0 spiro atoms. The highest BCUT2D eigenvalue weighted by Crippen LogP contribution is 2.43. The number of ether oxygens (including phenoxy) is 3. The van der Waals surface area contributed by atoms with Gasteiger partial charge in [0.25, 0.3) is 0 Å². The Labute approximate surface area is 243 Å². The van der Waals surface area contributed by atoms with Gasteiger partial charge in [-0.1, -0.05) is 56.6 Å². The van der Waals surface area contributed by atoms with Gasteiger partial charge in [-0.2, -0.15) is 4.68 Å². The number of benzene rings is 2. The van der Waals surface area contributed by atoms with E-state index >= 15 is 0 Å². The van der Waals surface area contributed by atoms with E-state index in [0.29, 0.717) is 39.8 Å². The third-order valence-electron chi connectivity index (χ3n) is 7.53. The van der Waals surface area contributed by atoms with E-state index in [4.69, 9.17) is 14.2 Å². The van der Waals surface area contributed by atoms with Crippen molar-refractivity contribution in [1.82, 2.24) is 20.2 Å². The maximum atomic E-state index is 13.6. The molecule has 40 heavy (non-hydrogen) atoms. The van der Waals surface area contributed by atoms with Crippen LogP contribution in [0.5, 0.6) is 11.5 Å². The number of aromatic nitrogens is 4. The summed E-state index contributed by atoms with van der Waals surface area (Å²) >= 11 is 3.69. The smallest absolute Gasteiger partial charge is 0.338 e. The molecule has 2 heterocycles. The maximum absolute atomic E-state index is 13.6. The number of hydrogen-bond donors (Lipinski definition) is 1. The summed E-state index contributed by atoms with van der Waals surface area (Å²) in [5.41, 5.74) is 4.28. The maximum Gasteiger partial charge on any atom is 0.338 e. The molecule has 1 atom stereocenters. The number of carbonyl (C=O) groups is 1. The van der Waals surface area contributed by atoms with Crippen molar-refractivity contribution in [3.63, 3.8) is 0 Å². The Morgan fingerprint density at radius 2 is 1.85 bits per heavy atom. The summed E-state index contributed by atoms with van der Waals surface area (Å²) in [6.45, 7) is 8.81. The highest BCUT2D eigenvalue weighted by Gasteiger charge is 2.37. The first-order valence-corrected chi connectivity index (χ1v) is 14.5. The quantitative estimate of drug-likeness (QED) is 0.303. The fraction of sp³-hybridized carbons (Fsp3) is 0.467. The number of hydrogen-bond acceptors (Lipinski definition) is 8. The van der Waals surface area contributed by atoms with Crippen molar-refractivity contribution < 1.29 is 19.0 Å². The van der Waals surface area contributed by atoms with Crippen LogP contribution in [0.3, 0.4) is 0 Å². The number of tetrazole rings is 1. The number of esters is 1. The molecule has 10 heteroatoms. The molecule has 1 fully saturated rings. The number of anilines is 1. The Bertz CT molecular complexity index is 1400. The van der Waals surface area contributed by atoms with Crippen molar-refractivity contribution in [2.75, 3.05) is 12.4 Å². The van der Waals surface area contributed by atoms with Gasteiger partial charge >= 0.3 is 5.97 Å². The van der Waals surface area contributed by atoms with Gasteiger partial charge in [-0.3, -0.25) is 0 Å². The van der Waals surface area contributed by atoms with Crippen molar-refractivity contribution in [2.45, 2.75) is 84.0 Å². The van der Waals surface area contributed by atoms with Crippen LogP contribution in [-0.4, -0.2) is 39.4 Å². The number of rotatable bonds is 7. The zero-order chi connectivity index (χ0) is 28.4. The molecule has 1 aliphatic heterocycles. The molecular weight excluding hydrogens is 574 g/mol. The van der Waals surface area contributed by atoms with Crippen molar-refractivity contribution in [3.05, 3.63) is 68.8 Å². The summed E-state index contributed by atoms with van der Waals surface area (Å²) in [7, 11) is 1.60. The molecule has 2 aliphatic rings. The Hall–Kier alpha value is -3.40. The van der Waals surface area contributed by atoms with Gasteiger partial charge in [0, 0.05) is 5.70 Å². The summed E-state index contributed by atoms with van der Waals surface area (Å²) in [4.78, 5) is 13.6. The van der Waals surface area contributed by atoms with E-state index < -0.39 is 6.04 Å². The Morgan fingerprint density at radius 3 is 2.52 bits per heavy atom. The lowest BCUT2D eigenvalue weighted by Crippen LogP contribution is -2.32. The minimum atomic E-state index is -0.605. The number of nitrogens with one attached hydrogen (secondary N) is 1. The second-order valence-corrected chi connectivity index (χ2v) is 12.3. The average Bonchev–Trinajstić information content (AvgIpc) is 3.39. The third-order valence-corrected chi connectivity index (χ3v) is 8.12. The van der Waals surface area contributed by atoms with Crippen molar-refractivity contribution >= 4 is 27.8 Å². The van der Waals surface area contributed by atoms with Crippen LogP contribution in [-0.2, 0) is 21.6 Å². The minimum Gasteiger partial charge on any atom is -0.493 e. The fourth-order valence-corrected chi connectivity index (χ4v) is 5.85. The Kier molecular flexibility index (Phi) is 8.16. The SMILES string of the molecule is COc1cc(C2C(C(=O)OC3CCCCC3)=C(C)Nc3nnnn32)cc(Br)c1OCc1ccc(C(C)(C)C)cc1. The van der Waals surface area contributed by atoms with Crippen LogP contribution in [0.2, 0.25) is 0 Å². The lowest BCUT2D eigenvalue weighted by molar-refractivity contribution is -0.146. The predicted molar refractivity (Wildman–Crippen MR) is 155 cm³/mol. The first-order chi connectivity index (χ1) is 19.2. The van der Waals surface area contributed by atoms with Crippen molar-refractivity contribution in [2.24, 2.45) is 0 Å². The lowest BCUT2D eigenvalue weighted by Gasteiger charge is -2.30. The van der Waals surface area contributed by atoms with Gasteiger partial charge in [-0.15, -0.1) is 0 Å². The molecule has 3 aromatic rings. The normalized spacial score (nSPS) is 17.7. The molecule has 5 rings (SSSR count). The summed E-state index contributed by atoms with van der Waals surface area (Å²) in [5, 5.41) is 15.3. The molecule has 0 bridgehead atoms. The molecular formula is C30H36BrN5O4. The van der Waals surface area contributed by atoms with Gasteiger partial charge in [0.15, 0.2) is 11.5 Å². The summed E-state index contributed by atoms with van der Waals surface area (Å²) in [5.74, 6) is 1.19. The Balaban J connectivity index is 1.44. The fourth-order valence-electron chi connectivity index (χ4n) is 5.28. The molecule has 1 N–H and O–H groups in total. The van der Waals surface area contributed by atoms with E-state index in [9.17, 15) is 4.79 Å². The lowest BCUT2D eigenvalue weighted by atomic mass is 9.87. The second-order valence-electron chi connectivity index (χ2n) is 11.4. The predicted octanol–water partition coefficient (Wildman–Crippen LogP) is 6.49. The van der Waals surface area contributed by atoms with E-state index in [-0.39, 0.29) is 17.5 Å². The van der Waals surface area contributed by atoms with Crippen molar-refractivity contribution in [1.29, 1.82) is 0 Å². The molecule has 9 nitrogen and oxygen atoms in total. The standard InChI is InChI=1S/C30H36BrN5O4/c1-18-25(28(37)40-22-9-7-6-8-10-22)26(36-29(32-18)33-34-35-36)20-15-23(31)27(24(16-20)38-5)39-17-19-11-13-21(14-12-19)30(2,3)4/h11-16,22,26H,6-10,17H2,1-5H3,(H,32,33,35). The number of carbonyl (C=O) groups excluding carboxylic acids is 1. The van der Waals surface area contributed by atoms with Gasteiger partial charge < -0.3 is 19.5 Å². The van der Waals surface area contributed by atoms with Gasteiger partial charge in [0.05, 0.1) is 17.2 Å². The molecule has 212 valence electrons. The first-order valence-electron chi connectivity index (χ1n) is 13.7. The molecule has 1 unspecified atom stereocenters. The third kappa shape index (κ3) is 5.87. The van der Waals surface area contributed by atoms with E-state index in [1.165, 1.54) is 12.0 Å². The van der Waals surface area contributed by atoms with E-state index in [1.54, 1.807) is 11.8 Å². The van der Waals surface area contributed by atoms with Gasteiger partial charge in [-0.25, -0.2) is 4.79 Å². The Morgan fingerprint density at radius 1 is 1.12 bits per heavy atom. The minimum absolute atomic E-state index is 0.0769. The monoisotopic (exact) mass is 609 g/mol. The molecule has 1 aromatic heterocycles. The summed E-state index contributed by atoms with van der Waals surface area (Å²) in [6.07, 6.45) is 5.01. The molecule has 1 aliphatic carbocycles. The average molecular weight is 611 g/mol. The zero-order valence-corrected chi connectivity index (χ0v) is 25.2. The highest BCUT2D eigenvalue weighted by atomic mass is 79.9. The van der Waals surface area contributed by atoms with Crippen LogP contribution >= 0.6 is 15.9 Å².